The van der Waals surface area contributed by atoms with Gasteiger partial charge in [-0.05, 0) is 60.9 Å². The largest absolute Gasteiger partial charge is 0.512 e. The average molecular weight is 711 g/mol. The quantitative estimate of drug-likeness (QED) is 0.0589. The SMILES string of the molecule is CCC(CC)C(=O)/C=C(\O)C(CC)CC.Cc1oc2ccc3ccnc4c5[c-]c6ccccc6cc5c1c2c34.[Ir]. The Morgan fingerprint density at radius 3 is 2.33 bits per heavy atom. The van der Waals surface area contributed by atoms with Crippen molar-refractivity contribution in [1.29, 1.82) is 0 Å². The molecule has 2 aromatic heterocycles. The molecule has 0 amide bonds. The molecule has 2 heterocycles. The predicted molar refractivity (Wildman–Crippen MR) is 163 cm³/mol. The number of rotatable bonds is 7. The Morgan fingerprint density at radius 2 is 1.62 bits per heavy atom. The number of hydrogen-bond donors (Lipinski definition) is 1. The molecule has 1 radical (unpaired) electrons. The number of nitrogens with zero attached hydrogens (tertiary/aromatic N) is 1. The number of carbonyl (C=O) groups excluding carboxylic acids is 1. The van der Waals surface area contributed by atoms with Gasteiger partial charge in [-0.3, -0.25) is 9.78 Å². The minimum atomic E-state index is 0. The van der Waals surface area contributed by atoms with Crippen molar-refractivity contribution in [2.45, 2.75) is 60.3 Å². The van der Waals surface area contributed by atoms with E-state index in [0.29, 0.717) is 0 Å². The molecule has 0 aliphatic heterocycles. The zero-order valence-corrected chi connectivity index (χ0v) is 26.2. The molecule has 6 rings (SSSR count). The molecule has 0 unspecified atom stereocenters. The third-order valence-corrected chi connectivity index (χ3v) is 8.14. The Kier molecular flexibility index (Phi) is 9.28. The minimum absolute atomic E-state index is 0. The van der Waals surface area contributed by atoms with E-state index in [9.17, 15) is 9.90 Å². The van der Waals surface area contributed by atoms with Gasteiger partial charge >= 0.3 is 0 Å². The second-order valence-electron chi connectivity index (χ2n) is 10.4. The van der Waals surface area contributed by atoms with Gasteiger partial charge in [0.1, 0.15) is 11.3 Å². The fourth-order valence-electron chi connectivity index (χ4n) is 5.82. The molecule has 40 heavy (non-hydrogen) atoms. The minimum Gasteiger partial charge on any atom is -0.512 e. The summed E-state index contributed by atoms with van der Waals surface area (Å²) in [6, 6.07) is 20.4. The molecule has 0 saturated heterocycles. The van der Waals surface area contributed by atoms with Crippen LogP contribution in [0.5, 0.6) is 0 Å². The number of aromatic nitrogens is 1. The number of allylic oxidation sites excluding steroid dienone is 2. The summed E-state index contributed by atoms with van der Waals surface area (Å²) in [5.74, 6) is 1.50. The van der Waals surface area contributed by atoms with Crippen LogP contribution in [0.4, 0.5) is 0 Å². The molecule has 4 aromatic carbocycles. The second-order valence-corrected chi connectivity index (χ2v) is 10.4. The fraction of sp³-hybridized carbons (Fsp3) is 0.314. The zero-order chi connectivity index (χ0) is 27.7. The summed E-state index contributed by atoms with van der Waals surface area (Å²) in [5, 5.41) is 19.1. The Labute approximate surface area is 249 Å². The van der Waals surface area contributed by atoms with E-state index in [-0.39, 0.29) is 43.5 Å². The van der Waals surface area contributed by atoms with Crippen molar-refractivity contribution in [1.82, 2.24) is 4.98 Å². The topological polar surface area (TPSA) is 63.3 Å². The number of fused-ring (bicyclic) bond motifs is 4. The van der Waals surface area contributed by atoms with Gasteiger partial charge in [-0.15, -0.1) is 23.6 Å². The molecule has 0 aliphatic rings. The average Bonchev–Trinajstić information content (AvgIpc) is 3.30. The van der Waals surface area contributed by atoms with Crippen LogP contribution < -0.4 is 0 Å². The van der Waals surface area contributed by atoms with E-state index >= 15 is 0 Å². The van der Waals surface area contributed by atoms with Crippen molar-refractivity contribution in [3.8, 4) is 0 Å². The van der Waals surface area contributed by atoms with Gasteiger partial charge in [0.2, 0.25) is 0 Å². The van der Waals surface area contributed by atoms with Gasteiger partial charge in [0.05, 0.1) is 5.76 Å². The van der Waals surface area contributed by atoms with Gasteiger partial charge < -0.3 is 9.52 Å². The molecule has 5 heteroatoms. The van der Waals surface area contributed by atoms with Gasteiger partial charge in [0, 0.05) is 55.1 Å². The normalized spacial score (nSPS) is 12.1. The number of aryl methyl sites for hydroxylation is 1. The van der Waals surface area contributed by atoms with Crippen LogP contribution in [-0.2, 0) is 24.9 Å². The van der Waals surface area contributed by atoms with Gasteiger partial charge in [0.15, 0.2) is 5.78 Å². The Balaban J connectivity index is 0.000000204. The third kappa shape index (κ3) is 5.25. The summed E-state index contributed by atoms with van der Waals surface area (Å²) in [4.78, 5) is 16.4. The summed E-state index contributed by atoms with van der Waals surface area (Å²) in [6.45, 7) is 10.1. The molecule has 1 N–H and O–H groups in total. The van der Waals surface area contributed by atoms with Crippen molar-refractivity contribution in [3.05, 3.63) is 78.4 Å². The number of aliphatic hydroxyl groups is 1. The molecule has 0 atom stereocenters. The van der Waals surface area contributed by atoms with Crippen molar-refractivity contribution >= 4 is 60.0 Å². The number of carbonyl (C=O) groups is 1. The summed E-state index contributed by atoms with van der Waals surface area (Å²) in [6.07, 6.45) is 6.79. The Bertz CT molecular complexity index is 1810. The number of hydrogen-bond acceptors (Lipinski definition) is 4. The molecule has 0 aliphatic carbocycles. The van der Waals surface area contributed by atoms with Crippen LogP contribution in [0.2, 0.25) is 0 Å². The zero-order valence-electron chi connectivity index (χ0n) is 23.8. The molecular formula is C35H36IrNO3-. The van der Waals surface area contributed by atoms with Crippen molar-refractivity contribution < 1.29 is 34.4 Å². The fourth-order valence-corrected chi connectivity index (χ4v) is 5.82. The summed E-state index contributed by atoms with van der Waals surface area (Å²) in [7, 11) is 0. The first-order chi connectivity index (χ1) is 18.9. The first-order valence-corrected chi connectivity index (χ1v) is 14.1. The van der Waals surface area contributed by atoms with E-state index < -0.39 is 0 Å². The van der Waals surface area contributed by atoms with Crippen LogP contribution in [0.3, 0.4) is 0 Å². The molecule has 0 saturated carbocycles. The molecule has 0 bridgehead atoms. The maximum atomic E-state index is 11.7. The van der Waals surface area contributed by atoms with Crippen molar-refractivity contribution in [2.75, 3.05) is 0 Å². The van der Waals surface area contributed by atoms with Crippen molar-refractivity contribution in [3.63, 3.8) is 0 Å². The maximum Gasteiger partial charge on any atom is 0.162 e. The van der Waals surface area contributed by atoms with Gasteiger partial charge in [-0.1, -0.05) is 68.1 Å². The predicted octanol–water partition coefficient (Wildman–Crippen LogP) is 9.85. The third-order valence-electron chi connectivity index (χ3n) is 8.14. The van der Waals surface area contributed by atoms with Gasteiger partial charge in [-0.25, -0.2) is 0 Å². The second kappa shape index (κ2) is 12.5. The Hall–Kier alpha value is -3.27. The number of furan rings is 1. The van der Waals surface area contributed by atoms with Crippen LogP contribution in [0, 0.1) is 24.8 Å². The molecule has 4 nitrogen and oxygen atoms in total. The van der Waals surface area contributed by atoms with Crippen LogP contribution in [0.15, 0.2) is 71.0 Å². The van der Waals surface area contributed by atoms with Crippen LogP contribution in [0.25, 0.3) is 54.2 Å². The van der Waals surface area contributed by atoms with E-state index in [1.54, 1.807) is 0 Å². The van der Waals surface area contributed by atoms with Gasteiger partial charge in [0.25, 0.3) is 0 Å². The first kappa shape index (κ1) is 29.7. The number of benzene rings is 4. The smallest absolute Gasteiger partial charge is 0.162 e. The summed E-state index contributed by atoms with van der Waals surface area (Å²) in [5.41, 5.74) is 1.94. The number of pyridine rings is 1. The molecule has 0 fully saturated rings. The van der Waals surface area contributed by atoms with E-state index in [0.717, 1.165) is 53.3 Å². The van der Waals surface area contributed by atoms with Crippen LogP contribution in [-0.4, -0.2) is 15.9 Å². The summed E-state index contributed by atoms with van der Waals surface area (Å²) < 4.78 is 6.06. The molecule has 209 valence electrons. The molecule has 0 spiro atoms. The first-order valence-electron chi connectivity index (χ1n) is 14.1. The van der Waals surface area contributed by atoms with E-state index in [4.69, 9.17) is 9.40 Å². The number of aliphatic hydroxyl groups excluding tert-OH is 1. The summed E-state index contributed by atoms with van der Waals surface area (Å²) >= 11 is 0. The number of ketones is 1. The monoisotopic (exact) mass is 711 g/mol. The van der Waals surface area contributed by atoms with Gasteiger partial charge in [-0.2, -0.15) is 0 Å². The Morgan fingerprint density at radius 1 is 0.925 bits per heavy atom. The maximum absolute atomic E-state index is 11.7. The van der Waals surface area contributed by atoms with E-state index in [1.165, 1.54) is 38.4 Å². The van der Waals surface area contributed by atoms with E-state index in [2.05, 4.69) is 54.6 Å². The van der Waals surface area contributed by atoms with Crippen LogP contribution in [0.1, 0.15) is 59.1 Å². The van der Waals surface area contributed by atoms with Crippen LogP contribution >= 0.6 is 0 Å². The van der Waals surface area contributed by atoms with E-state index in [1.807, 2.05) is 40.8 Å². The standard InChI is InChI=1S/C22H12NO.C13H24O2.Ir/c1-12-19-16-10-14-4-2-3-5-15(14)11-17(16)22-20-13(8-9-23-22)6-7-18(24-12)21(19)20;1-5-10(6-2)12(14)9-13(15)11(7-3)8-4;/h2-10H,1H3;9-11,14H,5-8H2,1-4H3;/q-1;;/b;12-9-;. The molecule has 6 aromatic rings. The van der Waals surface area contributed by atoms with Crippen molar-refractivity contribution in [2.24, 2.45) is 11.8 Å². The molecular weight excluding hydrogens is 675 g/mol.